The van der Waals surface area contributed by atoms with Crippen LogP contribution in [0.25, 0.3) is 0 Å². The van der Waals surface area contributed by atoms with Gasteiger partial charge in [0, 0.05) is 53.9 Å². The summed E-state index contributed by atoms with van der Waals surface area (Å²) in [5, 5.41) is 9.10. The standard InChI is InChI=1S/C34H44N2O11S3/c1-33(2)26-12-6-7-13-28(26)35(20-10-22-48(39,40)41)30(33)14-9-15-31-34(3,19-8-4-5-16-32(37)38)27-24-25(50(45,46)47)17-18-29(27)36(31)21-11-23-49(42,43)44/h6-7,9,12-15,17-18,24H,4-5,8,10-11,16,19-23H2,1-3H3,(H3-,37,38,39,40,41,42,43,44,45,46,47)/p+1. The van der Waals surface area contributed by atoms with Crippen LogP contribution >= 0.6 is 0 Å². The number of aliphatic carboxylic acids is 1. The van der Waals surface area contributed by atoms with E-state index in [4.69, 9.17) is 5.11 Å². The van der Waals surface area contributed by atoms with Crippen LogP contribution in [0.15, 0.2) is 71.3 Å². The van der Waals surface area contributed by atoms with Crippen molar-refractivity contribution in [2.24, 2.45) is 0 Å². The third-order valence-electron chi connectivity index (χ3n) is 9.45. The number of hydrogen-bond donors (Lipinski definition) is 4. The average molecular weight is 754 g/mol. The highest BCUT2D eigenvalue weighted by atomic mass is 32.2. The van der Waals surface area contributed by atoms with E-state index in [1.165, 1.54) is 12.1 Å². The second-order valence-corrected chi connectivity index (χ2v) is 18.0. The first kappa shape index (κ1) is 39.4. The minimum Gasteiger partial charge on any atom is -0.481 e. The van der Waals surface area contributed by atoms with Crippen LogP contribution in [-0.4, -0.2) is 84.9 Å². The van der Waals surface area contributed by atoms with Gasteiger partial charge in [-0.15, -0.1) is 0 Å². The molecule has 0 aliphatic carbocycles. The van der Waals surface area contributed by atoms with E-state index < -0.39 is 58.7 Å². The molecule has 274 valence electrons. The van der Waals surface area contributed by atoms with Gasteiger partial charge >= 0.3 is 5.97 Å². The molecule has 0 aromatic heterocycles. The van der Waals surface area contributed by atoms with Crippen LogP contribution in [0.1, 0.15) is 76.8 Å². The van der Waals surface area contributed by atoms with Gasteiger partial charge in [-0.2, -0.15) is 29.8 Å². The second kappa shape index (κ2) is 15.1. The zero-order valence-corrected chi connectivity index (χ0v) is 30.8. The summed E-state index contributed by atoms with van der Waals surface area (Å²) in [4.78, 5) is 12.8. The Balaban J connectivity index is 1.82. The minimum absolute atomic E-state index is 0.00488. The highest BCUT2D eigenvalue weighted by Crippen LogP contribution is 2.48. The molecule has 2 heterocycles. The molecule has 1 atom stereocenters. The number of allylic oxidation sites excluding steroid dienone is 4. The molecule has 4 N–H and O–H groups in total. The molecule has 2 aromatic carbocycles. The van der Waals surface area contributed by atoms with Gasteiger partial charge in [-0.1, -0.05) is 51.0 Å². The molecule has 0 saturated carbocycles. The monoisotopic (exact) mass is 753 g/mol. The Morgan fingerprint density at radius 3 is 2.14 bits per heavy atom. The first-order valence-corrected chi connectivity index (χ1v) is 21.0. The third kappa shape index (κ3) is 9.27. The normalized spacial score (nSPS) is 19.8. The summed E-state index contributed by atoms with van der Waals surface area (Å²) in [6.07, 6.45) is 7.93. The molecule has 0 radical (unpaired) electrons. The molecule has 2 aliphatic rings. The van der Waals surface area contributed by atoms with Crippen LogP contribution < -0.4 is 4.90 Å². The molecule has 1 unspecified atom stereocenters. The maximum Gasteiger partial charge on any atom is 0.303 e. The van der Waals surface area contributed by atoms with E-state index in [-0.39, 0.29) is 30.7 Å². The molecule has 0 amide bonds. The van der Waals surface area contributed by atoms with Gasteiger partial charge in [0.15, 0.2) is 5.71 Å². The van der Waals surface area contributed by atoms with Crippen LogP contribution in [0.2, 0.25) is 0 Å². The van der Waals surface area contributed by atoms with Crippen molar-refractivity contribution in [3.05, 3.63) is 77.5 Å². The smallest absolute Gasteiger partial charge is 0.303 e. The lowest BCUT2D eigenvalue weighted by atomic mass is 9.75. The largest absolute Gasteiger partial charge is 0.481 e. The number of benzene rings is 2. The fourth-order valence-corrected chi connectivity index (χ4v) is 8.54. The lowest BCUT2D eigenvalue weighted by molar-refractivity contribution is -0.437. The Morgan fingerprint density at radius 2 is 1.50 bits per heavy atom. The first-order chi connectivity index (χ1) is 23.1. The van der Waals surface area contributed by atoms with Gasteiger partial charge in [-0.05, 0) is 56.0 Å². The van der Waals surface area contributed by atoms with E-state index in [9.17, 15) is 43.7 Å². The van der Waals surface area contributed by atoms with Gasteiger partial charge in [0.1, 0.15) is 6.54 Å². The van der Waals surface area contributed by atoms with Crippen molar-refractivity contribution in [1.29, 1.82) is 0 Å². The van der Waals surface area contributed by atoms with Gasteiger partial charge in [0.05, 0.1) is 21.8 Å². The van der Waals surface area contributed by atoms with Gasteiger partial charge in [-0.3, -0.25) is 18.5 Å². The summed E-state index contributed by atoms with van der Waals surface area (Å²) < 4.78 is 101. The van der Waals surface area contributed by atoms with Crippen molar-refractivity contribution in [2.45, 2.75) is 81.4 Å². The predicted octanol–water partition coefficient (Wildman–Crippen LogP) is 5.12. The SMILES string of the molecule is CC1(CCCCCC(=O)O)C(/C=C/C=C2\N(CCCS(=O)(=O)O)c3ccccc3C2(C)C)=[N+](CCCS(=O)(=O)O)c2ccc(S(=O)(=O)O)cc21. The van der Waals surface area contributed by atoms with Gasteiger partial charge in [0.2, 0.25) is 5.69 Å². The number of unbranched alkanes of at least 4 members (excludes halogenated alkanes) is 2. The van der Waals surface area contributed by atoms with Crippen molar-refractivity contribution in [3.8, 4) is 0 Å². The van der Waals surface area contributed by atoms with E-state index in [2.05, 4.69) is 0 Å². The Labute approximate surface area is 294 Å². The number of carboxylic acids is 1. The Kier molecular flexibility index (Phi) is 11.9. The highest BCUT2D eigenvalue weighted by molar-refractivity contribution is 7.86. The Hall–Kier alpha value is -3.41. The molecule has 0 spiro atoms. The number of rotatable bonds is 17. The van der Waals surface area contributed by atoms with E-state index in [0.717, 1.165) is 16.9 Å². The van der Waals surface area contributed by atoms with Crippen LogP contribution in [0.5, 0.6) is 0 Å². The lowest BCUT2D eigenvalue weighted by Crippen LogP contribution is -2.32. The highest BCUT2D eigenvalue weighted by Gasteiger charge is 2.48. The molecule has 16 heteroatoms. The van der Waals surface area contributed by atoms with Crippen LogP contribution in [0.4, 0.5) is 11.4 Å². The summed E-state index contributed by atoms with van der Waals surface area (Å²) in [5.41, 5.74) is 3.36. The van der Waals surface area contributed by atoms with Gasteiger partial charge < -0.3 is 10.0 Å². The van der Waals surface area contributed by atoms with E-state index >= 15 is 0 Å². The van der Waals surface area contributed by atoms with Crippen LogP contribution in [0.3, 0.4) is 0 Å². The number of nitrogens with zero attached hydrogens (tertiary/aromatic N) is 2. The maximum atomic E-state index is 12.2. The summed E-state index contributed by atoms with van der Waals surface area (Å²) in [7, 11) is -13.0. The fourth-order valence-electron chi connectivity index (χ4n) is 7.05. The first-order valence-electron chi connectivity index (χ1n) is 16.3. The van der Waals surface area contributed by atoms with Crippen molar-refractivity contribution in [1.82, 2.24) is 0 Å². The molecule has 13 nitrogen and oxygen atoms in total. The lowest BCUT2D eigenvalue weighted by Gasteiger charge is -2.27. The molecule has 2 aromatic rings. The number of carboxylic acid groups (broad SMARTS) is 1. The number of carbonyl (C=O) groups is 1. The van der Waals surface area contributed by atoms with Crippen molar-refractivity contribution in [3.63, 3.8) is 0 Å². The molecule has 50 heavy (non-hydrogen) atoms. The topological polar surface area (TPSA) is 207 Å². The molecule has 2 aliphatic heterocycles. The molecule has 0 saturated heterocycles. The van der Waals surface area contributed by atoms with Crippen molar-refractivity contribution in [2.75, 3.05) is 29.5 Å². The van der Waals surface area contributed by atoms with Gasteiger partial charge in [-0.25, -0.2) is 0 Å². The zero-order valence-electron chi connectivity index (χ0n) is 28.3. The average Bonchev–Trinajstić information content (AvgIpc) is 3.35. The number of anilines is 1. The van der Waals surface area contributed by atoms with E-state index in [1.807, 2.05) is 72.7 Å². The Bertz CT molecular complexity index is 2050. The molecular weight excluding hydrogens is 709 g/mol. The molecular formula is C34H45N2O11S3+. The van der Waals surface area contributed by atoms with Crippen molar-refractivity contribution < 1.29 is 53.4 Å². The van der Waals surface area contributed by atoms with Crippen LogP contribution in [-0.2, 0) is 46.0 Å². The van der Waals surface area contributed by atoms with E-state index in [0.29, 0.717) is 49.2 Å². The molecule has 0 fully saturated rings. The Morgan fingerprint density at radius 1 is 0.840 bits per heavy atom. The molecule has 0 bridgehead atoms. The summed E-state index contributed by atoms with van der Waals surface area (Å²) >= 11 is 0. The van der Waals surface area contributed by atoms with Crippen molar-refractivity contribution >= 4 is 53.4 Å². The zero-order chi connectivity index (χ0) is 37.1. The maximum absolute atomic E-state index is 12.2. The quantitative estimate of drug-likeness (QED) is 0.0944. The molecule has 4 rings (SSSR count). The second-order valence-electron chi connectivity index (χ2n) is 13.5. The van der Waals surface area contributed by atoms with E-state index in [1.54, 1.807) is 6.07 Å². The summed E-state index contributed by atoms with van der Waals surface area (Å²) in [5.74, 6) is -1.81. The predicted molar refractivity (Wildman–Crippen MR) is 190 cm³/mol. The third-order valence-corrected chi connectivity index (χ3v) is 11.9. The summed E-state index contributed by atoms with van der Waals surface area (Å²) in [6, 6.07) is 12.0. The minimum atomic E-state index is -4.57. The summed E-state index contributed by atoms with van der Waals surface area (Å²) in [6.45, 7) is 6.49. The fraction of sp³-hybridized carbons (Fsp3) is 0.471. The van der Waals surface area contributed by atoms with Gasteiger partial charge in [0.25, 0.3) is 30.4 Å². The number of hydrogen-bond acceptors (Lipinski definition) is 8. The van der Waals surface area contributed by atoms with Crippen LogP contribution in [0, 0.1) is 0 Å². The number of para-hydroxylation sites is 1. The number of fused-ring (bicyclic) bond motifs is 2.